The van der Waals surface area contributed by atoms with Gasteiger partial charge in [0, 0.05) is 12.5 Å². The smallest absolute Gasteiger partial charge is 0.252 e. The van der Waals surface area contributed by atoms with Gasteiger partial charge in [0.25, 0.3) is 5.89 Å². The van der Waals surface area contributed by atoms with Crippen LogP contribution in [0.15, 0.2) is 4.52 Å². The lowest BCUT2D eigenvalue weighted by Gasteiger charge is -2.19. The van der Waals surface area contributed by atoms with Crippen molar-refractivity contribution in [3.8, 4) is 0 Å². The van der Waals surface area contributed by atoms with Crippen LogP contribution in [0.1, 0.15) is 30.5 Å². The fourth-order valence-electron chi connectivity index (χ4n) is 1.57. The fourth-order valence-corrected chi connectivity index (χ4v) is 1.57. The maximum Gasteiger partial charge on any atom is 0.252 e. The van der Waals surface area contributed by atoms with Crippen LogP contribution in [-0.4, -0.2) is 28.3 Å². The van der Waals surface area contributed by atoms with Crippen molar-refractivity contribution in [2.45, 2.75) is 25.4 Å². The third-order valence-corrected chi connectivity index (χ3v) is 2.28. The summed E-state index contributed by atoms with van der Waals surface area (Å²) in [7, 11) is 0. The van der Waals surface area contributed by atoms with Crippen LogP contribution in [0.5, 0.6) is 0 Å². The molecule has 0 saturated carbocycles. The van der Waals surface area contributed by atoms with Gasteiger partial charge in [0.1, 0.15) is 6.61 Å². The number of hydrogen-bond acceptors (Lipinski definition) is 5. The maximum absolute atomic E-state index is 8.74. The van der Waals surface area contributed by atoms with E-state index in [1.54, 1.807) is 0 Å². The molecule has 1 aliphatic rings. The van der Waals surface area contributed by atoms with Crippen molar-refractivity contribution in [3.05, 3.63) is 11.7 Å². The van der Waals surface area contributed by atoms with Gasteiger partial charge in [0.05, 0.1) is 0 Å². The Kier molecular flexibility index (Phi) is 2.56. The van der Waals surface area contributed by atoms with Crippen molar-refractivity contribution >= 4 is 0 Å². The Hall–Kier alpha value is -0.940. The fraction of sp³-hybridized carbons (Fsp3) is 0.750. The SMILES string of the molecule is OCc1nc(C2CCCNC2)no1. The Morgan fingerprint density at radius 3 is 3.15 bits per heavy atom. The molecule has 0 aliphatic carbocycles. The Balaban J connectivity index is 2.05. The molecule has 13 heavy (non-hydrogen) atoms. The van der Waals surface area contributed by atoms with Crippen molar-refractivity contribution in [1.29, 1.82) is 0 Å². The third-order valence-electron chi connectivity index (χ3n) is 2.28. The number of rotatable bonds is 2. The lowest BCUT2D eigenvalue weighted by atomic mass is 9.99. The summed E-state index contributed by atoms with van der Waals surface area (Å²) in [6.45, 7) is 1.80. The standard InChI is InChI=1S/C8H13N3O2/c12-5-7-10-8(11-13-7)6-2-1-3-9-4-6/h6,9,12H,1-5H2. The number of aromatic nitrogens is 2. The van der Waals surface area contributed by atoms with E-state index < -0.39 is 0 Å². The van der Waals surface area contributed by atoms with E-state index in [2.05, 4.69) is 15.5 Å². The van der Waals surface area contributed by atoms with E-state index >= 15 is 0 Å². The molecule has 1 aromatic rings. The molecule has 0 amide bonds. The summed E-state index contributed by atoms with van der Waals surface area (Å²) in [5.41, 5.74) is 0. The van der Waals surface area contributed by atoms with E-state index in [4.69, 9.17) is 9.63 Å². The van der Waals surface area contributed by atoms with Crippen LogP contribution in [0.2, 0.25) is 0 Å². The quantitative estimate of drug-likeness (QED) is 0.676. The molecule has 1 unspecified atom stereocenters. The van der Waals surface area contributed by atoms with Crippen LogP contribution in [0, 0.1) is 0 Å². The molecule has 1 saturated heterocycles. The molecule has 72 valence electrons. The second kappa shape index (κ2) is 3.85. The molecule has 0 aromatic carbocycles. The Morgan fingerprint density at radius 1 is 1.62 bits per heavy atom. The predicted octanol–water partition coefficient (Wildman–Crippen LogP) is 0.0289. The minimum atomic E-state index is -0.173. The summed E-state index contributed by atoms with van der Waals surface area (Å²) in [6, 6.07) is 0. The zero-order valence-electron chi connectivity index (χ0n) is 7.36. The zero-order chi connectivity index (χ0) is 9.10. The van der Waals surface area contributed by atoms with Gasteiger partial charge in [-0.05, 0) is 19.4 Å². The van der Waals surface area contributed by atoms with Crippen LogP contribution >= 0.6 is 0 Å². The average molecular weight is 183 g/mol. The highest BCUT2D eigenvalue weighted by molar-refractivity contribution is 4.97. The summed E-state index contributed by atoms with van der Waals surface area (Å²) in [5, 5.41) is 15.8. The monoisotopic (exact) mass is 183 g/mol. The highest BCUT2D eigenvalue weighted by atomic mass is 16.5. The molecule has 0 radical (unpaired) electrons. The summed E-state index contributed by atoms with van der Waals surface area (Å²) < 4.78 is 4.83. The number of piperidine rings is 1. The highest BCUT2D eigenvalue weighted by Gasteiger charge is 2.20. The number of nitrogens with one attached hydrogen (secondary N) is 1. The van der Waals surface area contributed by atoms with Gasteiger partial charge in [0.2, 0.25) is 0 Å². The first kappa shape index (κ1) is 8.65. The summed E-state index contributed by atoms with van der Waals surface area (Å²) in [5.74, 6) is 1.37. The summed E-state index contributed by atoms with van der Waals surface area (Å²) in [6.07, 6.45) is 2.24. The first-order valence-electron chi connectivity index (χ1n) is 4.54. The molecule has 0 spiro atoms. The third kappa shape index (κ3) is 1.87. The van der Waals surface area contributed by atoms with Gasteiger partial charge >= 0.3 is 0 Å². The molecule has 1 aliphatic heterocycles. The highest BCUT2D eigenvalue weighted by Crippen LogP contribution is 2.20. The van der Waals surface area contributed by atoms with Crippen molar-refractivity contribution in [2.75, 3.05) is 13.1 Å². The van der Waals surface area contributed by atoms with E-state index in [1.807, 2.05) is 0 Å². The second-order valence-corrected chi connectivity index (χ2v) is 3.25. The lowest BCUT2D eigenvalue weighted by Crippen LogP contribution is -2.28. The van der Waals surface area contributed by atoms with Crippen molar-refractivity contribution in [3.63, 3.8) is 0 Å². The first-order valence-corrected chi connectivity index (χ1v) is 4.54. The summed E-state index contributed by atoms with van der Waals surface area (Å²) >= 11 is 0. The molecular weight excluding hydrogens is 170 g/mol. The lowest BCUT2D eigenvalue weighted by molar-refractivity contribution is 0.222. The van der Waals surface area contributed by atoms with E-state index in [9.17, 15) is 0 Å². The molecule has 2 heterocycles. The summed E-state index contributed by atoms with van der Waals surface area (Å²) in [4.78, 5) is 4.08. The normalized spacial score (nSPS) is 23.3. The van der Waals surface area contributed by atoms with Gasteiger partial charge in [-0.2, -0.15) is 4.98 Å². The minimum absolute atomic E-state index is 0.173. The first-order chi connectivity index (χ1) is 6.40. The van der Waals surface area contributed by atoms with Gasteiger partial charge < -0.3 is 14.9 Å². The van der Waals surface area contributed by atoms with Crippen LogP contribution in [0.25, 0.3) is 0 Å². The van der Waals surface area contributed by atoms with Crippen LogP contribution in [0.3, 0.4) is 0 Å². The maximum atomic E-state index is 8.74. The molecule has 5 nitrogen and oxygen atoms in total. The van der Waals surface area contributed by atoms with Gasteiger partial charge in [0.15, 0.2) is 5.82 Å². The Labute approximate surface area is 76.1 Å². The average Bonchev–Trinajstić information content (AvgIpc) is 2.67. The predicted molar refractivity (Wildman–Crippen MR) is 45.1 cm³/mol. The number of nitrogens with zero attached hydrogens (tertiary/aromatic N) is 2. The number of hydrogen-bond donors (Lipinski definition) is 2. The van der Waals surface area contributed by atoms with Gasteiger partial charge in [-0.1, -0.05) is 5.16 Å². The van der Waals surface area contributed by atoms with Gasteiger partial charge in [-0.15, -0.1) is 0 Å². The van der Waals surface area contributed by atoms with Crippen molar-refractivity contribution in [2.24, 2.45) is 0 Å². The van der Waals surface area contributed by atoms with E-state index in [-0.39, 0.29) is 6.61 Å². The topological polar surface area (TPSA) is 71.2 Å². The molecule has 1 atom stereocenters. The molecule has 2 rings (SSSR count). The molecule has 1 fully saturated rings. The molecular formula is C8H13N3O2. The Bertz CT molecular complexity index is 268. The number of aliphatic hydroxyl groups is 1. The molecule has 1 aromatic heterocycles. The molecule has 5 heteroatoms. The van der Waals surface area contributed by atoms with Crippen molar-refractivity contribution < 1.29 is 9.63 Å². The van der Waals surface area contributed by atoms with Gasteiger partial charge in [-0.25, -0.2) is 0 Å². The van der Waals surface area contributed by atoms with Crippen LogP contribution in [-0.2, 0) is 6.61 Å². The largest absolute Gasteiger partial charge is 0.387 e. The second-order valence-electron chi connectivity index (χ2n) is 3.25. The molecule has 0 bridgehead atoms. The van der Waals surface area contributed by atoms with Gasteiger partial charge in [-0.3, -0.25) is 0 Å². The van der Waals surface area contributed by atoms with E-state index in [0.29, 0.717) is 11.8 Å². The van der Waals surface area contributed by atoms with Crippen molar-refractivity contribution in [1.82, 2.24) is 15.5 Å². The minimum Gasteiger partial charge on any atom is -0.387 e. The molecule has 2 N–H and O–H groups in total. The van der Waals surface area contributed by atoms with E-state index in [0.717, 1.165) is 31.8 Å². The number of aliphatic hydroxyl groups excluding tert-OH is 1. The van der Waals surface area contributed by atoms with Crippen LogP contribution in [0.4, 0.5) is 0 Å². The van der Waals surface area contributed by atoms with E-state index in [1.165, 1.54) is 0 Å². The Morgan fingerprint density at radius 2 is 2.54 bits per heavy atom. The zero-order valence-corrected chi connectivity index (χ0v) is 7.36. The van der Waals surface area contributed by atoms with Crippen LogP contribution < -0.4 is 5.32 Å².